The van der Waals surface area contributed by atoms with Gasteiger partial charge in [-0.2, -0.15) is 5.10 Å². The number of aryl methyl sites for hydroxylation is 1. The molecule has 0 spiro atoms. The van der Waals surface area contributed by atoms with Crippen LogP contribution in [-0.2, 0) is 6.54 Å². The maximum Gasteiger partial charge on any atom is 0.404 e. The average Bonchev–Trinajstić information content (AvgIpc) is 3.16. The Balaban J connectivity index is 1.97. The van der Waals surface area contributed by atoms with Gasteiger partial charge in [0.05, 0.1) is 17.3 Å². The highest BCUT2D eigenvalue weighted by molar-refractivity contribution is 5.99. The molecule has 0 aliphatic heterocycles. The van der Waals surface area contributed by atoms with Crippen LogP contribution in [0.2, 0.25) is 0 Å². The molecule has 2 heterocycles. The average molecular weight is 472 g/mol. The number of anilines is 3. The Bertz CT molecular complexity index is 1190. The van der Waals surface area contributed by atoms with Crippen molar-refractivity contribution in [2.24, 2.45) is 11.7 Å². The summed E-state index contributed by atoms with van der Waals surface area (Å²) in [6, 6.07) is 5.59. The molecule has 0 aliphatic rings. The molecule has 3 rings (SSSR count). The number of hydrogen-bond acceptors (Lipinski definition) is 6. The number of aromatic nitrogens is 3. The van der Waals surface area contributed by atoms with Crippen LogP contribution in [0.5, 0.6) is 0 Å². The molecule has 34 heavy (non-hydrogen) atoms. The molecule has 182 valence electrons. The van der Waals surface area contributed by atoms with Gasteiger partial charge in [-0.1, -0.05) is 13.8 Å². The van der Waals surface area contributed by atoms with Gasteiger partial charge in [-0.25, -0.2) is 14.2 Å². The summed E-state index contributed by atoms with van der Waals surface area (Å²) in [6.45, 7) is 8.31. The van der Waals surface area contributed by atoms with Gasteiger partial charge >= 0.3 is 6.09 Å². The number of benzene rings is 1. The lowest BCUT2D eigenvalue weighted by Gasteiger charge is -2.27. The second-order valence-electron chi connectivity index (χ2n) is 8.56. The van der Waals surface area contributed by atoms with Gasteiger partial charge in [0.1, 0.15) is 5.82 Å². The Morgan fingerprint density at radius 3 is 2.56 bits per heavy atom. The summed E-state index contributed by atoms with van der Waals surface area (Å²) in [5, 5.41) is 22.8. The fourth-order valence-electron chi connectivity index (χ4n) is 3.78. The summed E-state index contributed by atoms with van der Waals surface area (Å²) < 4.78 is 16.7. The van der Waals surface area contributed by atoms with Crippen molar-refractivity contribution in [2.45, 2.75) is 52.7 Å². The molecule has 11 heteroatoms. The summed E-state index contributed by atoms with van der Waals surface area (Å²) in [4.78, 5) is 27.4. The molecule has 2 aromatic heterocycles. The van der Waals surface area contributed by atoms with Crippen LogP contribution in [0.15, 0.2) is 30.5 Å². The fraction of sp³-hybridized carbons (Fsp3) is 0.391. The molecule has 10 nitrogen and oxygen atoms in total. The van der Waals surface area contributed by atoms with Gasteiger partial charge in [0.25, 0.3) is 5.91 Å². The van der Waals surface area contributed by atoms with Gasteiger partial charge < -0.3 is 26.8 Å². The predicted octanol–water partition coefficient (Wildman–Crippen LogP) is 3.92. The van der Waals surface area contributed by atoms with E-state index in [2.05, 4.69) is 26.0 Å². The topological polar surface area (TPSA) is 147 Å². The third-order valence-electron chi connectivity index (χ3n) is 5.45. The normalized spacial score (nSPS) is 13.0. The zero-order valence-electron chi connectivity index (χ0n) is 19.6. The van der Waals surface area contributed by atoms with E-state index in [1.54, 1.807) is 19.2 Å². The molecule has 0 radical (unpaired) electrons. The largest absolute Gasteiger partial charge is 0.465 e. The molecule has 2 amide bonds. The zero-order chi connectivity index (χ0) is 25.0. The first-order valence-corrected chi connectivity index (χ1v) is 11.1. The van der Waals surface area contributed by atoms with Gasteiger partial charge in [0.2, 0.25) is 0 Å². The van der Waals surface area contributed by atoms with Gasteiger partial charge in [-0.3, -0.25) is 9.48 Å². The molecule has 0 bridgehead atoms. The molecular formula is C23H30FN7O3. The first kappa shape index (κ1) is 24.7. The number of nitrogens with one attached hydrogen (secondary N) is 3. The Hall–Kier alpha value is -3.89. The smallest absolute Gasteiger partial charge is 0.404 e. The van der Waals surface area contributed by atoms with Crippen molar-refractivity contribution in [1.82, 2.24) is 20.1 Å². The van der Waals surface area contributed by atoms with Crippen molar-refractivity contribution in [3.63, 3.8) is 0 Å². The molecule has 0 aliphatic carbocycles. The number of primary amides is 1. The van der Waals surface area contributed by atoms with Crippen molar-refractivity contribution in [2.75, 3.05) is 10.6 Å². The second-order valence-corrected chi connectivity index (χ2v) is 8.56. The quantitative estimate of drug-likeness (QED) is 0.301. The Morgan fingerprint density at radius 2 is 1.94 bits per heavy atom. The number of halogens is 1. The predicted molar refractivity (Wildman–Crippen MR) is 129 cm³/mol. The minimum Gasteiger partial charge on any atom is -0.465 e. The lowest BCUT2D eigenvalue weighted by atomic mass is 9.98. The van der Waals surface area contributed by atoms with Crippen molar-refractivity contribution in [3.05, 3.63) is 41.8 Å². The summed E-state index contributed by atoms with van der Waals surface area (Å²) in [5.41, 5.74) is 6.88. The number of nitrogens with zero attached hydrogens (tertiary/aromatic N) is 3. The van der Waals surface area contributed by atoms with Crippen molar-refractivity contribution < 1.29 is 19.1 Å². The lowest BCUT2D eigenvalue weighted by molar-refractivity contribution is 0.100. The zero-order valence-corrected chi connectivity index (χ0v) is 19.6. The molecule has 1 aromatic carbocycles. The standard InChI is InChI=1S/C23H30FN7O3/c1-5-31-19-9-15(7-6-14(19)11-26-31)28-21-16(20(25)32)10-17(24)22(30-21)29-18(8-12(2)3)13(4)27-23(33)34/h6-7,9-13,18,27H,5,8H2,1-4H3,(H2,25,32)(H,33,34)(H2,28,29,30)/t13-,18+/m0/s1. The molecule has 0 saturated carbocycles. The van der Waals surface area contributed by atoms with E-state index in [4.69, 9.17) is 10.8 Å². The first-order chi connectivity index (χ1) is 16.1. The number of carbonyl (C=O) groups excluding carboxylic acids is 1. The summed E-state index contributed by atoms with van der Waals surface area (Å²) in [6.07, 6.45) is 1.14. The van der Waals surface area contributed by atoms with Crippen LogP contribution in [0.3, 0.4) is 0 Å². The number of rotatable bonds is 10. The van der Waals surface area contributed by atoms with Gasteiger partial charge in [0.15, 0.2) is 11.6 Å². The Kier molecular flexibility index (Phi) is 7.54. The molecule has 6 N–H and O–H groups in total. The van der Waals surface area contributed by atoms with Crippen molar-refractivity contribution in [1.29, 1.82) is 0 Å². The van der Waals surface area contributed by atoms with E-state index >= 15 is 0 Å². The highest BCUT2D eigenvalue weighted by Crippen LogP contribution is 2.27. The van der Waals surface area contributed by atoms with Crippen molar-refractivity contribution in [3.8, 4) is 0 Å². The number of hydrogen-bond donors (Lipinski definition) is 5. The number of nitrogens with two attached hydrogens (primary N) is 1. The molecule has 0 fully saturated rings. The monoisotopic (exact) mass is 471 g/mol. The molecule has 0 saturated heterocycles. The van der Waals surface area contributed by atoms with Gasteiger partial charge in [-0.05, 0) is 50.5 Å². The summed E-state index contributed by atoms with van der Waals surface area (Å²) >= 11 is 0. The number of carboxylic acid groups (broad SMARTS) is 1. The minimum atomic E-state index is -1.18. The number of carbonyl (C=O) groups is 2. The maximum atomic E-state index is 14.9. The maximum absolute atomic E-state index is 14.9. The van der Waals surface area contributed by atoms with Crippen LogP contribution >= 0.6 is 0 Å². The van der Waals surface area contributed by atoms with Gasteiger partial charge in [0, 0.05) is 29.7 Å². The van der Waals surface area contributed by atoms with E-state index in [1.807, 2.05) is 37.6 Å². The molecular weight excluding hydrogens is 441 g/mol. The van der Waals surface area contributed by atoms with Crippen LogP contribution in [0.4, 0.5) is 26.5 Å². The first-order valence-electron chi connectivity index (χ1n) is 11.1. The SMILES string of the molecule is CCn1ncc2ccc(Nc3nc(N[C@H](CC(C)C)[C@H](C)NC(=O)O)c(F)cc3C(N)=O)cc21. The Labute approximate surface area is 196 Å². The van der Waals surface area contributed by atoms with Crippen LogP contribution in [0.1, 0.15) is 44.5 Å². The third kappa shape index (κ3) is 5.72. The van der Waals surface area contributed by atoms with E-state index in [1.165, 1.54) is 0 Å². The van der Waals surface area contributed by atoms with E-state index in [0.717, 1.165) is 17.0 Å². The minimum absolute atomic E-state index is 0.0838. The van der Waals surface area contributed by atoms with Crippen molar-refractivity contribution >= 4 is 40.2 Å². The Morgan fingerprint density at radius 1 is 1.21 bits per heavy atom. The van der Waals surface area contributed by atoms with Gasteiger partial charge in [-0.15, -0.1) is 0 Å². The summed E-state index contributed by atoms with van der Waals surface area (Å²) in [5.74, 6) is -1.43. The summed E-state index contributed by atoms with van der Waals surface area (Å²) in [7, 11) is 0. The lowest BCUT2D eigenvalue weighted by Crippen LogP contribution is -2.45. The van der Waals surface area contributed by atoms with Crippen LogP contribution in [0.25, 0.3) is 10.9 Å². The number of pyridine rings is 1. The van der Waals surface area contributed by atoms with E-state index in [9.17, 15) is 14.0 Å². The number of amides is 2. The second kappa shape index (κ2) is 10.4. The van der Waals surface area contributed by atoms with Crippen LogP contribution in [0, 0.1) is 11.7 Å². The molecule has 2 atom stereocenters. The molecule has 0 unspecified atom stereocenters. The molecule has 3 aromatic rings. The highest BCUT2D eigenvalue weighted by atomic mass is 19.1. The van der Waals surface area contributed by atoms with E-state index in [-0.39, 0.29) is 23.1 Å². The van der Waals surface area contributed by atoms with E-state index < -0.39 is 29.9 Å². The third-order valence-corrected chi connectivity index (χ3v) is 5.45. The van der Waals surface area contributed by atoms with Crippen LogP contribution < -0.4 is 21.7 Å². The number of fused-ring (bicyclic) bond motifs is 1. The fourth-order valence-corrected chi connectivity index (χ4v) is 3.78. The highest BCUT2D eigenvalue weighted by Gasteiger charge is 2.24. The van der Waals surface area contributed by atoms with Crippen LogP contribution in [-0.4, -0.2) is 44.0 Å². The van der Waals surface area contributed by atoms with E-state index in [0.29, 0.717) is 18.7 Å².